The number of aromatic hydroxyl groups is 1. The molecule has 2 N–H and O–H groups in total. The molecule has 0 atom stereocenters. The Balaban J connectivity index is 2.22. The molecule has 3 nitrogen and oxygen atoms in total. The van der Waals surface area contributed by atoms with E-state index < -0.39 is 5.82 Å². The summed E-state index contributed by atoms with van der Waals surface area (Å²) in [4.78, 5) is 0. The summed E-state index contributed by atoms with van der Waals surface area (Å²) in [6.45, 7) is 2.25. The molecule has 4 heteroatoms. The van der Waals surface area contributed by atoms with E-state index in [0.29, 0.717) is 17.8 Å². The van der Waals surface area contributed by atoms with E-state index >= 15 is 0 Å². The van der Waals surface area contributed by atoms with Gasteiger partial charge < -0.3 is 10.4 Å². The SMILES string of the molecule is Cc1ccc(O)c(CNc2cccc(F)c2C#N)c1. The molecule has 0 saturated carbocycles. The van der Waals surface area contributed by atoms with Gasteiger partial charge in [-0.3, -0.25) is 0 Å². The maximum absolute atomic E-state index is 13.4. The van der Waals surface area contributed by atoms with Crippen LogP contribution in [0.4, 0.5) is 10.1 Å². The van der Waals surface area contributed by atoms with E-state index in [2.05, 4.69) is 5.32 Å². The number of halogens is 1. The number of nitriles is 1. The largest absolute Gasteiger partial charge is 0.508 e. The van der Waals surface area contributed by atoms with Crippen LogP contribution < -0.4 is 5.32 Å². The smallest absolute Gasteiger partial charge is 0.143 e. The van der Waals surface area contributed by atoms with E-state index in [9.17, 15) is 9.50 Å². The third-order valence-electron chi connectivity index (χ3n) is 2.83. The third-order valence-corrected chi connectivity index (χ3v) is 2.83. The van der Waals surface area contributed by atoms with Crippen molar-refractivity contribution in [1.82, 2.24) is 0 Å². The molecule has 0 amide bonds. The predicted molar refractivity (Wildman–Crippen MR) is 71.3 cm³/mol. The Morgan fingerprint density at radius 2 is 2.11 bits per heavy atom. The summed E-state index contributed by atoms with van der Waals surface area (Å²) in [5, 5.41) is 21.6. The number of hydrogen-bond acceptors (Lipinski definition) is 3. The van der Waals surface area contributed by atoms with Crippen LogP contribution in [0.1, 0.15) is 16.7 Å². The van der Waals surface area contributed by atoms with Crippen LogP contribution in [0, 0.1) is 24.1 Å². The van der Waals surface area contributed by atoms with Crippen molar-refractivity contribution >= 4 is 5.69 Å². The van der Waals surface area contributed by atoms with Gasteiger partial charge in [0, 0.05) is 12.1 Å². The average Bonchev–Trinajstić information content (AvgIpc) is 2.40. The number of nitrogens with one attached hydrogen (secondary N) is 1. The Morgan fingerprint density at radius 3 is 2.84 bits per heavy atom. The highest BCUT2D eigenvalue weighted by atomic mass is 19.1. The minimum Gasteiger partial charge on any atom is -0.508 e. The van der Waals surface area contributed by atoms with Crippen molar-refractivity contribution in [3.63, 3.8) is 0 Å². The standard InChI is InChI=1S/C15H13FN2O/c1-10-5-6-15(19)11(7-10)9-18-14-4-2-3-13(16)12(14)8-17/h2-7,18-19H,9H2,1H3. The zero-order valence-corrected chi connectivity index (χ0v) is 10.4. The third kappa shape index (κ3) is 2.83. The number of hydrogen-bond donors (Lipinski definition) is 2. The summed E-state index contributed by atoms with van der Waals surface area (Å²) in [5.74, 6) is -0.381. The number of aryl methyl sites for hydroxylation is 1. The molecule has 0 saturated heterocycles. The Labute approximate surface area is 110 Å². The molecule has 0 spiro atoms. The first-order valence-electron chi connectivity index (χ1n) is 5.83. The quantitative estimate of drug-likeness (QED) is 0.885. The number of benzene rings is 2. The lowest BCUT2D eigenvalue weighted by molar-refractivity contribution is 0.469. The number of nitrogens with zero attached hydrogens (tertiary/aromatic N) is 1. The summed E-state index contributed by atoms with van der Waals surface area (Å²) in [5.41, 5.74) is 2.13. The lowest BCUT2D eigenvalue weighted by atomic mass is 10.1. The fraction of sp³-hybridized carbons (Fsp3) is 0.133. The van der Waals surface area contributed by atoms with Crippen molar-refractivity contribution in [3.8, 4) is 11.8 Å². The van der Waals surface area contributed by atoms with E-state index in [0.717, 1.165) is 5.56 Å². The van der Waals surface area contributed by atoms with Gasteiger partial charge in [-0.15, -0.1) is 0 Å². The molecule has 0 aliphatic carbocycles. The summed E-state index contributed by atoms with van der Waals surface area (Å²) in [7, 11) is 0. The van der Waals surface area contributed by atoms with Gasteiger partial charge >= 0.3 is 0 Å². The highest BCUT2D eigenvalue weighted by Crippen LogP contribution is 2.22. The van der Waals surface area contributed by atoms with Crippen molar-refractivity contribution in [3.05, 3.63) is 58.9 Å². The lowest BCUT2D eigenvalue weighted by Gasteiger charge is -2.10. The molecule has 0 aliphatic rings. The fourth-order valence-corrected chi connectivity index (χ4v) is 1.83. The van der Waals surface area contributed by atoms with Gasteiger partial charge in [0.1, 0.15) is 23.2 Å². The summed E-state index contributed by atoms with van der Waals surface area (Å²) >= 11 is 0. The molecule has 0 aromatic heterocycles. The molecule has 2 aromatic rings. The first-order valence-corrected chi connectivity index (χ1v) is 5.83. The van der Waals surface area contributed by atoms with Crippen LogP contribution >= 0.6 is 0 Å². The number of phenolic OH excluding ortho intramolecular Hbond substituents is 1. The average molecular weight is 256 g/mol. The number of phenols is 1. The number of anilines is 1. The molecule has 2 rings (SSSR count). The van der Waals surface area contributed by atoms with E-state index in [1.54, 1.807) is 12.1 Å². The van der Waals surface area contributed by atoms with Crippen LogP contribution in [0.2, 0.25) is 0 Å². The van der Waals surface area contributed by atoms with E-state index in [1.165, 1.54) is 12.1 Å². The van der Waals surface area contributed by atoms with Crippen molar-refractivity contribution in [2.75, 3.05) is 5.32 Å². The Bertz CT molecular complexity index is 647. The second kappa shape index (κ2) is 5.40. The molecule has 0 fully saturated rings. The van der Waals surface area contributed by atoms with Gasteiger partial charge in [0.25, 0.3) is 0 Å². The molecule has 19 heavy (non-hydrogen) atoms. The zero-order valence-electron chi connectivity index (χ0n) is 10.4. The topological polar surface area (TPSA) is 56.0 Å². The molecule has 0 unspecified atom stereocenters. The second-order valence-electron chi connectivity index (χ2n) is 4.26. The van der Waals surface area contributed by atoms with E-state index in [4.69, 9.17) is 5.26 Å². The van der Waals surface area contributed by atoms with Crippen molar-refractivity contribution < 1.29 is 9.50 Å². The van der Waals surface area contributed by atoms with Crippen LogP contribution in [-0.2, 0) is 6.54 Å². The molecule has 96 valence electrons. The Kier molecular flexibility index (Phi) is 3.67. The first-order chi connectivity index (χ1) is 9.11. The van der Waals surface area contributed by atoms with E-state index in [-0.39, 0.29) is 11.3 Å². The van der Waals surface area contributed by atoms with Gasteiger partial charge in [-0.2, -0.15) is 5.26 Å². The summed E-state index contributed by atoms with van der Waals surface area (Å²) in [6, 6.07) is 11.5. The number of rotatable bonds is 3. The highest BCUT2D eigenvalue weighted by Gasteiger charge is 2.08. The zero-order chi connectivity index (χ0) is 13.8. The maximum atomic E-state index is 13.4. The minimum absolute atomic E-state index is 0.0188. The van der Waals surface area contributed by atoms with Gasteiger partial charge in [-0.25, -0.2) is 4.39 Å². The molecule has 2 aromatic carbocycles. The van der Waals surface area contributed by atoms with Gasteiger partial charge in [-0.1, -0.05) is 23.8 Å². The Morgan fingerprint density at radius 1 is 1.32 bits per heavy atom. The fourth-order valence-electron chi connectivity index (χ4n) is 1.83. The van der Waals surface area contributed by atoms with Gasteiger partial charge in [0.15, 0.2) is 0 Å². The van der Waals surface area contributed by atoms with Crippen LogP contribution in [0.15, 0.2) is 36.4 Å². The van der Waals surface area contributed by atoms with Crippen LogP contribution in [0.25, 0.3) is 0 Å². The van der Waals surface area contributed by atoms with Crippen LogP contribution in [0.3, 0.4) is 0 Å². The van der Waals surface area contributed by atoms with Crippen molar-refractivity contribution in [2.45, 2.75) is 13.5 Å². The normalized spacial score (nSPS) is 9.95. The molecular weight excluding hydrogens is 243 g/mol. The molecule has 0 aliphatic heterocycles. The molecule has 0 heterocycles. The van der Waals surface area contributed by atoms with Crippen molar-refractivity contribution in [1.29, 1.82) is 5.26 Å². The summed E-state index contributed by atoms with van der Waals surface area (Å²) < 4.78 is 13.4. The summed E-state index contributed by atoms with van der Waals surface area (Å²) in [6.07, 6.45) is 0. The van der Waals surface area contributed by atoms with E-state index in [1.807, 2.05) is 25.1 Å². The van der Waals surface area contributed by atoms with Gasteiger partial charge in [0.05, 0.1) is 5.69 Å². The first kappa shape index (κ1) is 12.9. The van der Waals surface area contributed by atoms with Crippen LogP contribution in [0.5, 0.6) is 5.75 Å². The monoisotopic (exact) mass is 256 g/mol. The molecular formula is C15H13FN2O. The minimum atomic E-state index is -0.555. The van der Waals surface area contributed by atoms with Crippen molar-refractivity contribution in [2.24, 2.45) is 0 Å². The highest BCUT2D eigenvalue weighted by molar-refractivity contribution is 5.58. The lowest BCUT2D eigenvalue weighted by Crippen LogP contribution is -2.03. The van der Waals surface area contributed by atoms with Crippen LogP contribution in [-0.4, -0.2) is 5.11 Å². The Hall–Kier alpha value is -2.54. The maximum Gasteiger partial charge on any atom is 0.143 e. The molecule has 0 radical (unpaired) electrons. The van der Waals surface area contributed by atoms with Gasteiger partial charge in [-0.05, 0) is 25.1 Å². The second-order valence-corrected chi connectivity index (χ2v) is 4.26. The molecule has 0 bridgehead atoms. The predicted octanol–water partition coefficient (Wildman–Crippen LogP) is 3.32. The van der Waals surface area contributed by atoms with Gasteiger partial charge in [0.2, 0.25) is 0 Å².